The van der Waals surface area contributed by atoms with Crippen LogP contribution in [0.25, 0.3) is 66.1 Å². The van der Waals surface area contributed by atoms with Gasteiger partial charge in [0, 0.05) is 27.2 Å². The summed E-state index contributed by atoms with van der Waals surface area (Å²) in [5.41, 5.74) is 9.20. The first-order valence-corrected chi connectivity index (χ1v) is 13.8. The third-order valence-corrected chi connectivity index (χ3v) is 8.20. The van der Waals surface area contributed by atoms with Gasteiger partial charge >= 0.3 is 0 Å². The number of para-hydroxylation sites is 4. The van der Waals surface area contributed by atoms with E-state index in [0.29, 0.717) is 16.8 Å². The first-order valence-electron chi connectivity index (χ1n) is 13.8. The topological polar surface area (TPSA) is 57.4 Å². The first-order chi connectivity index (χ1) is 20.8. The maximum absolute atomic E-state index is 9.97. The summed E-state index contributed by atoms with van der Waals surface area (Å²) >= 11 is 0. The molecule has 0 atom stereocenters. The van der Waals surface area contributed by atoms with Crippen LogP contribution in [-0.4, -0.2) is 9.13 Å². The van der Waals surface area contributed by atoms with Crippen LogP contribution in [0.5, 0.6) is 0 Å². The van der Waals surface area contributed by atoms with E-state index in [0.717, 1.165) is 44.1 Å². The largest absolute Gasteiger partial charge is 0.309 e. The van der Waals surface area contributed by atoms with Gasteiger partial charge in [-0.05, 0) is 65.7 Å². The third kappa shape index (κ3) is 3.33. The van der Waals surface area contributed by atoms with Gasteiger partial charge in [0.1, 0.15) is 12.1 Å². The average Bonchev–Trinajstić information content (AvgIpc) is 3.57. The lowest BCUT2D eigenvalue weighted by atomic mass is 9.98. The second-order valence-electron chi connectivity index (χ2n) is 10.4. The SMILES string of the molecule is N#Cc1cccc(C#N)c1-n1c2ccccc2c2cc(-c3cccc4c3c3ccccc3n4-c3ccccc3)ccc21. The summed E-state index contributed by atoms with van der Waals surface area (Å²) in [7, 11) is 0. The van der Waals surface area contributed by atoms with Gasteiger partial charge in [-0.1, -0.05) is 78.9 Å². The molecule has 8 rings (SSSR count). The van der Waals surface area contributed by atoms with E-state index in [9.17, 15) is 10.5 Å². The highest BCUT2D eigenvalue weighted by atomic mass is 15.0. The maximum Gasteiger partial charge on any atom is 0.101 e. The van der Waals surface area contributed by atoms with Crippen molar-refractivity contribution >= 4 is 43.6 Å². The quantitative estimate of drug-likeness (QED) is 0.227. The smallest absolute Gasteiger partial charge is 0.101 e. The normalized spacial score (nSPS) is 11.3. The summed E-state index contributed by atoms with van der Waals surface area (Å²) in [5, 5.41) is 24.5. The fourth-order valence-electron chi connectivity index (χ4n) is 6.46. The van der Waals surface area contributed by atoms with Gasteiger partial charge < -0.3 is 9.13 Å². The van der Waals surface area contributed by atoms with Crippen LogP contribution in [0.2, 0.25) is 0 Å². The Morgan fingerprint density at radius 1 is 0.452 bits per heavy atom. The molecule has 6 aromatic carbocycles. The Labute approximate surface area is 242 Å². The molecule has 0 spiro atoms. The van der Waals surface area contributed by atoms with E-state index in [1.54, 1.807) is 18.2 Å². The second-order valence-corrected chi connectivity index (χ2v) is 10.4. The molecule has 0 fully saturated rings. The molecule has 0 aliphatic heterocycles. The summed E-state index contributed by atoms with van der Waals surface area (Å²) in [5.74, 6) is 0. The summed E-state index contributed by atoms with van der Waals surface area (Å²) in [6.45, 7) is 0. The van der Waals surface area contributed by atoms with Crippen molar-refractivity contribution in [2.45, 2.75) is 0 Å². The zero-order valence-electron chi connectivity index (χ0n) is 22.5. The molecule has 0 N–H and O–H groups in total. The van der Waals surface area contributed by atoms with Gasteiger partial charge in [0.25, 0.3) is 0 Å². The Morgan fingerprint density at radius 3 is 1.79 bits per heavy atom. The number of hydrogen-bond donors (Lipinski definition) is 0. The molecule has 42 heavy (non-hydrogen) atoms. The van der Waals surface area contributed by atoms with E-state index in [-0.39, 0.29) is 0 Å². The molecular weight excluding hydrogens is 512 g/mol. The molecular formula is C38H22N4. The molecule has 2 aromatic heterocycles. The highest BCUT2D eigenvalue weighted by molar-refractivity contribution is 6.17. The van der Waals surface area contributed by atoms with Gasteiger partial charge in [-0.3, -0.25) is 0 Å². The van der Waals surface area contributed by atoms with Crippen molar-refractivity contribution in [2.24, 2.45) is 0 Å². The highest BCUT2D eigenvalue weighted by Gasteiger charge is 2.20. The number of fused-ring (bicyclic) bond motifs is 6. The van der Waals surface area contributed by atoms with Crippen molar-refractivity contribution in [2.75, 3.05) is 0 Å². The monoisotopic (exact) mass is 534 g/mol. The molecule has 0 unspecified atom stereocenters. The molecule has 0 bridgehead atoms. The number of hydrogen-bond acceptors (Lipinski definition) is 2. The fraction of sp³-hybridized carbons (Fsp3) is 0. The van der Waals surface area contributed by atoms with Crippen LogP contribution in [0.1, 0.15) is 11.1 Å². The van der Waals surface area contributed by atoms with Crippen molar-refractivity contribution in [3.8, 4) is 34.6 Å². The van der Waals surface area contributed by atoms with Crippen molar-refractivity contribution < 1.29 is 0 Å². The van der Waals surface area contributed by atoms with Crippen LogP contribution in [0.15, 0.2) is 133 Å². The second kappa shape index (κ2) is 9.24. The Hall–Kier alpha value is -6.10. The molecule has 0 amide bonds. The van der Waals surface area contributed by atoms with E-state index in [1.807, 2.05) is 18.2 Å². The minimum Gasteiger partial charge on any atom is -0.309 e. The van der Waals surface area contributed by atoms with E-state index in [1.165, 1.54) is 16.3 Å². The predicted octanol–water partition coefficient (Wildman–Crippen LogP) is 9.29. The Bertz CT molecular complexity index is 2400. The standard InChI is InChI=1S/C38H22N4/c39-23-26-10-8-11-27(24-40)38(26)42-33-17-6-4-14-30(33)32-22-25(20-21-35(32)42)29-16-9-19-36-37(29)31-15-5-7-18-34(31)41(36)28-12-2-1-3-13-28/h1-22H. The van der Waals surface area contributed by atoms with Crippen LogP contribution in [0.3, 0.4) is 0 Å². The lowest BCUT2D eigenvalue weighted by Crippen LogP contribution is -2.01. The number of benzene rings is 6. The number of nitriles is 2. The molecule has 0 saturated carbocycles. The van der Waals surface area contributed by atoms with Gasteiger partial charge in [-0.25, -0.2) is 0 Å². The van der Waals surface area contributed by atoms with E-state index in [4.69, 9.17) is 0 Å². The minimum atomic E-state index is 0.472. The average molecular weight is 535 g/mol. The Balaban J connectivity index is 1.45. The molecule has 8 aromatic rings. The van der Waals surface area contributed by atoms with Gasteiger partial charge in [-0.2, -0.15) is 10.5 Å². The van der Waals surface area contributed by atoms with Crippen LogP contribution in [-0.2, 0) is 0 Å². The molecule has 2 heterocycles. The van der Waals surface area contributed by atoms with Gasteiger partial charge in [0.15, 0.2) is 0 Å². The van der Waals surface area contributed by atoms with Gasteiger partial charge in [-0.15, -0.1) is 0 Å². The zero-order chi connectivity index (χ0) is 28.2. The lowest BCUT2D eigenvalue weighted by Gasteiger charge is -2.12. The summed E-state index contributed by atoms with van der Waals surface area (Å²) in [6.07, 6.45) is 0. The molecule has 0 aliphatic rings. The highest BCUT2D eigenvalue weighted by Crippen LogP contribution is 2.41. The van der Waals surface area contributed by atoms with Crippen molar-refractivity contribution in [1.29, 1.82) is 10.5 Å². The molecule has 0 saturated heterocycles. The van der Waals surface area contributed by atoms with Crippen LogP contribution in [0, 0.1) is 22.7 Å². The molecule has 4 heteroatoms. The van der Waals surface area contributed by atoms with E-state index < -0.39 is 0 Å². The summed E-state index contributed by atoms with van der Waals surface area (Å²) < 4.78 is 4.40. The lowest BCUT2D eigenvalue weighted by molar-refractivity contribution is 1.15. The Morgan fingerprint density at radius 2 is 1.05 bits per heavy atom. The third-order valence-electron chi connectivity index (χ3n) is 8.20. The Kier molecular flexibility index (Phi) is 5.22. The van der Waals surface area contributed by atoms with Crippen LogP contribution in [0.4, 0.5) is 0 Å². The number of aromatic nitrogens is 2. The molecule has 0 aliphatic carbocycles. The molecule has 0 radical (unpaired) electrons. The van der Waals surface area contributed by atoms with Crippen LogP contribution >= 0.6 is 0 Å². The first kappa shape index (κ1) is 23.8. The maximum atomic E-state index is 9.97. The van der Waals surface area contributed by atoms with Gasteiger partial charge in [0.2, 0.25) is 0 Å². The minimum absolute atomic E-state index is 0.472. The summed E-state index contributed by atoms with van der Waals surface area (Å²) in [6, 6.07) is 50.2. The summed E-state index contributed by atoms with van der Waals surface area (Å²) in [4.78, 5) is 0. The van der Waals surface area contributed by atoms with Gasteiger partial charge in [0.05, 0.1) is 38.9 Å². The predicted molar refractivity (Wildman–Crippen MR) is 170 cm³/mol. The number of rotatable bonds is 3. The van der Waals surface area contributed by atoms with Crippen LogP contribution < -0.4 is 0 Å². The molecule has 4 nitrogen and oxygen atoms in total. The van der Waals surface area contributed by atoms with E-state index >= 15 is 0 Å². The zero-order valence-corrected chi connectivity index (χ0v) is 22.5. The van der Waals surface area contributed by atoms with Crippen molar-refractivity contribution in [1.82, 2.24) is 9.13 Å². The van der Waals surface area contributed by atoms with Crippen molar-refractivity contribution in [3.05, 3.63) is 145 Å². The van der Waals surface area contributed by atoms with E-state index in [2.05, 4.69) is 118 Å². The molecule has 194 valence electrons. The van der Waals surface area contributed by atoms with Crippen molar-refractivity contribution in [3.63, 3.8) is 0 Å². The number of nitrogens with zero attached hydrogens (tertiary/aromatic N) is 4. The fourth-order valence-corrected chi connectivity index (χ4v) is 6.46.